The molecule has 0 spiro atoms. The lowest BCUT2D eigenvalue weighted by Crippen LogP contribution is -2.33. The van der Waals surface area contributed by atoms with Gasteiger partial charge in [-0.05, 0) is 13.3 Å². The second-order valence-electron chi connectivity index (χ2n) is 3.55. The summed E-state index contributed by atoms with van der Waals surface area (Å²) in [5.74, 6) is 0. The van der Waals surface area contributed by atoms with Gasteiger partial charge in [0.15, 0.2) is 4.21 Å². The summed E-state index contributed by atoms with van der Waals surface area (Å²) in [4.78, 5) is 13.3. The highest BCUT2D eigenvalue weighted by Gasteiger charge is 2.28. The molecular weight excluding hydrogens is 248 g/mol. The van der Waals surface area contributed by atoms with Crippen LogP contribution < -0.4 is 4.87 Å². The van der Waals surface area contributed by atoms with Crippen molar-refractivity contribution in [3.63, 3.8) is 0 Å². The zero-order valence-corrected chi connectivity index (χ0v) is 10.4. The molecule has 0 amide bonds. The molecule has 0 aliphatic carbocycles. The van der Waals surface area contributed by atoms with Crippen molar-refractivity contribution in [1.29, 1.82) is 0 Å². The number of hydrogen-bond acceptors (Lipinski definition) is 4. The van der Waals surface area contributed by atoms with Gasteiger partial charge in [0.2, 0.25) is 0 Å². The van der Waals surface area contributed by atoms with E-state index in [1.54, 1.807) is 6.92 Å². The van der Waals surface area contributed by atoms with Gasteiger partial charge in [0.1, 0.15) is 0 Å². The van der Waals surface area contributed by atoms with Crippen LogP contribution in [0.3, 0.4) is 0 Å². The Morgan fingerprint density at radius 2 is 2.19 bits per heavy atom. The second kappa shape index (κ2) is 4.15. The molecule has 1 aromatic heterocycles. The highest BCUT2D eigenvalue weighted by molar-refractivity contribution is 7.91. The standard InChI is InChI=1S/C9H12N2O3S2/c1-7-8(15-9(12)10-7)16(13,14)11-5-3-2-4-6-11/h2-3H,4-6H2,1H3,(H,10,12). The summed E-state index contributed by atoms with van der Waals surface area (Å²) in [6.45, 7) is 2.46. The average Bonchev–Trinajstić information content (AvgIpc) is 2.60. The Morgan fingerprint density at radius 1 is 1.44 bits per heavy atom. The zero-order valence-electron chi connectivity index (χ0n) is 8.76. The lowest BCUT2D eigenvalue weighted by molar-refractivity contribution is 0.438. The van der Waals surface area contributed by atoms with Gasteiger partial charge >= 0.3 is 4.87 Å². The molecule has 0 radical (unpaired) electrons. The van der Waals surface area contributed by atoms with Crippen LogP contribution in [0, 0.1) is 6.92 Å². The van der Waals surface area contributed by atoms with E-state index in [-0.39, 0.29) is 9.08 Å². The van der Waals surface area contributed by atoms with Crippen LogP contribution in [0.15, 0.2) is 21.2 Å². The predicted molar refractivity (Wildman–Crippen MR) is 62.2 cm³/mol. The first kappa shape index (κ1) is 11.6. The van der Waals surface area contributed by atoms with Gasteiger partial charge in [-0.2, -0.15) is 4.31 Å². The first-order valence-corrected chi connectivity index (χ1v) is 7.12. The molecule has 88 valence electrons. The Morgan fingerprint density at radius 3 is 2.69 bits per heavy atom. The highest BCUT2D eigenvalue weighted by Crippen LogP contribution is 2.22. The van der Waals surface area contributed by atoms with Crippen LogP contribution in [-0.4, -0.2) is 30.8 Å². The van der Waals surface area contributed by atoms with E-state index < -0.39 is 10.0 Å². The van der Waals surface area contributed by atoms with Crippen molar-refractivity contribution in [2.75, 3.05) is 13.1 Å². The number of H-pyrrole nitrogens is 1. The highest BCUT2D eigenvalue weighted by atomic mass is 32.2. The molecule has 1 aliphatic heterocycles. The quantitative estimate of drug-likeness (QED) is 0.796. The van der Waals surface area contributed by atoms with Crippen LogP contribution in [0.5, 0.6) is 0 Å². The molecule has 7 heteroatoms. The molecule has 0 fully saturated rings. The van der Waals surface area contributed by atoms with E-state index in [9.17, 15) is 13.2 Å². The SMILES string of the molecule is Cc1[nH]c(=O)sc1S(=O)(=O)N1CC=CCC1. The van der Waals surface area contributed by atoms with Crippen LogP contribution in [0.4, 0.5) is 0 Å². The number of rotatable bonds is 2. The Kier molecular flexibility index (Phi) is 3.00. The smallest absolute Gasteiger partial charge is 0.305 e. The van der Waals surface area contributed by atoms with E-state index in [1.807, 2.05) is 12.2 Å². The molecule has 0 atom stereocenters. The third-order valence-electron chi connectivity index (χ3n) is 2.38. The Hall–Kier alpha value is -0.920. The third kappa shape index (κ3) is 1.98. The molecule has 1 aromatic rings. The number of thiazole rings is 1. The van der Waals surface area contributed by atoms with Crippen LogP contribution in [0.1, 0.15) is 12.1 Å². The van der Waals surface area contributed by atoms with Gasteiger partial charge in [-0.15, -0.1) is 0 Å². The Balaban J connectivity index is 2.42. The number of nitrogens with zero attached hydrogens (tertiary/aromatic N) is 1. The van der Waals surface area contributed by atoms with E-state index in [4.69, 9.17) is 0 Å². The maximum atomic E-state index is 12.2. The number of nitrogens with one attached hydrogen (secondary N) is 1. The van der Waals surface area contributed by atoms with Crippen molar-refractivity contribution < 1.29 is 8.42 Å². The minimum Gasteiger partial charge on any atom is -0.315 e. The van der Waals surface area contributed by atoms with Gasteiger partial charge in [0.25, 0.3) is 10.0 Å². The summed E-state index contributed by atoms with van der Waals surface area (Å²) < 4.78 is 25.9. The molecular formula is C9H12N2O3S2. The number of sulfonamides is 1. The summed E-state index contributed by atoms with van der Waals surface area (Å²) in [5, 5.41) is 0. The summed E-state index contributed by atoms with van der Waals surface area (Å²) in [7, 11) is -3.50. The van der Waals surface area contributed by atoms with E-state index in [1.165, 1.54) is 4.31 Å². The summed E-state index contributed by atoms with van der Waals surface area (Å²) in [6, 6.07) is 0. The largest absolute Gasteiger partial charge is 0.315 e. The normalized spacial score (nSPS) is 17.8. The van der Waals surface area contributed by atoms with Crippen LogP contribution in [0.25, 0.3) is 0 Å². The number of hydrogen-bond donors (Lipinski definition) is 1. The van der Waals surface area contributed by atoms with E-state index in [2.05, 4.69) is 4.98 Å². The third-order valence-corrected chi connectivity index (χ3v) is 5.82. The fourth-order valence-corrected chi connectivity index (χ4v) is 4.43. The first-order chi connectivity index (χ1) is 7.51. The Bertz CT molecular complexity index is 568. The van der Waals surface area contributed by atoms with Crippen molar-refractivity contribution >= 4 is 21.4 Å². The molecule has 2 rings (SSSR count). The molecule has 5 nitrogen and oxygen atoms in total. The van der Waals surface area contributed by atoms with Gasteiger partial charge in [-0.1, -0.05) is 23.5 Å². The number of aryl methyl sites for hydroxylation is 1. The molecule has 0 unspecified atom stereocenters. The lowest BCUT2D eigenvalue weighted by atomic mass is 10.3. The first-order valence-electron chi connectivity index (χ1n) is 4.86. The summed E-state index contributed by atoms with van der Waals surface area (Å²) in [6.07, 6.45) is 4.50. The number of aromatic amines is 1. The minimum absolute atomic E-state index is 0.132. The van der Waals surface area contributed by atoms with Crippen molar-refractivity contribution in [2.45, 2.75) is 17.6 Å². The van der Waals surface area contributed by atoms with Crippen LogP contribution >= 0.6 is 11.3 Å². The van der Waals surface area contributed by atoms with Gasteiger partial charge in [-0.25, -0.2) is 8.42 Å². The van der Waals surface area contributed by atoms with Crippen LogP contribution in [-0.2, 0) is 10.0 Å². The van der Waals surface area contributed by atoms with Crippen LogP contribution in [0.2, 0.25) is 0 Å². The summed E-state index contributed by atoms with van der Waals surface area (Å²) in [5.41, 5.74) is 0.421. The van der Waals surface area contributed by atoms with Gasteiger partial charge < -0.3 is 4.98 Å². The van der Waals surface area contributed by atoms with Crippen molar-refractivity contribution in [3.8, 4) is 0 Å². The van der Waals surface area contributed by atoms with Crippen molar-refractivity contribution in [2.24, 2.45) is 0 Å². The molecule has 0 bridgehead atoms. The second-order valence-corrected chi connectivity index (χ2v) is 6.67. The molecule has 2 heterocycles. The molecule has 16 heavy (non-hydrogen) atoms. The summed E-state index contributed by atoms with van der Waals surface area (Å²) >= 11 is 0.750. The van der Waals surface area contributed by atoms with Gasteiger partial charge in [0.05, 0.1) is 0 Å². The van der Waals surface area contributed by atoms with Crippen molar-refractivity contribution in [3.05, 3.63) is 27.5 Å². The fourth-order valence-electron chi connectivity index (χ4n) is 1.59. The zero-order chi connectivity index (χ0) is 11.8. The average molecular weight is 260 g/mol. The maximum absolute atomic E-state index is 12.2. The maximum Gasteiger partial charge on any atom is 0.305 e. The molecule has 0 saturated heterocycles. The van der Waals surface area contributed by atoms with Gasteiger partial charge in [-0.3, -0.25) is 4.79 Å². The molecule has 0 aromatic carbocycles. The molecule has 0 saturated carbocycles. The van der Waals surface area contributed by atoms with E-state index in [0.29, 0.717) is 18.8 Å². The van der Waals surface area contributed by atoms with E-state index >= 15 is 0 Å². The monoisotopic (exact) mass is 260 g/mol. The van der Waals surface area contributed by atoms with Gasteiger partial charge in [0, 0.05) is 18.8 Å². The van der Waals surface area contributed by atoms with Crippen molar-refractivity contribution in [1.82, 2.24) is 9.29 Å². The molecule has 1 aliphatic rings. The lowest BCUT2D eigenvalue weighted by Gasteiger charge is -2.21. The number of aromatic nitrogens is 1. The minimum atomic E-state index is -3.50. The topological polar surface area (TPSA) is 70.2 Å². The predicted octanol–water partition coefficient (Wildman–Crippen LogP) is 0.695. The van der Waals surface area contributed by atoms with E-state index in [0.717, 1.165) is 17.8 Å². The fraction of sp³-hybridized carbons (Fsp3) is 0.444. The Labute approximate surface area is 97.5 Å². The molecule has 1 N–H and O–H groups in total.